The standard InChI is InChI=1S/C7H8BN3O4S/c9-3-6-1-2-7(4-10-6)11(16(14)15)5-8(12)13/h1-2,4,12-13H,5H2,(H,14,15). The van der Waals surface area contributed by atoms with Gasteiger partial charge in [0, 0.05) is 0 Å². The van der Waals surface area contributed by atoms with Crippen molar-refractivity contribution >= 4 is 24.1 Å². The van der Waals surface area contributed by atoms with E-state index in [1.165, 1.54) is 18.3 Å². The van der Waals surface area contributed by atoms with Gasteiger partial charge in [0.25, 0.3) is 11.3 Å². The predicted molar refractivity (Wildman–Crippen MR) is 57.3 cm³/mol. The molecule has 1 atom stereocenters. The lowest BCUT2D eigenvalue weighted by Gasteiger charge is -2.18. The molecule has 0 aliphatic rings. The van der Waals surface area contributed by atoms with Crippen molar-refractivity contribution in [3.63, 3.8) is 0 Å². The Hall–Kier alpha value is -1.47. The van der Waals surface area contributed by atoms with Gasteiger partial charge in [0.15, 0.2) is 0 Å². The Kier molecular flexibility index (Phi) is 4.39. The number of anilines is 1. The molecule has 1 aromatic rings. The monoisotopic (exact) mass is 241 g/mol. The molecule has 1 aromatic heterocycles. The third-order valence-electron chi connectivity index (χ3n) is 1.67. The molecular weight excluding hydrogens is 233 g/mol. The van der Waals surface area contributed by atoms with E-state index in [2.05, 4.69) is 4.98 Å². The van der Waals surface area contributed by atoms with Crippen LogP contribution >= 0.6 is 0 Å². The molecule has 1 rings (SSSR count). The van der Waals surface area contributed by atoms with Gasteiger partial charge in [-0.25, -0.2) is 9.19 Å². The summed E-state index contributed by atoms with van der Waals surface area (Å²) in [6.07, 6.45) is 0.770. The minimum absolute atomic E-state index is 0.164. The second-order valence-corrected chi connectivity index (χ2v) is 3.69. The Labute approximate surface area is 94.5 Å². The third-order valence-corrected chi connectivity index (χ3v) is 2.41. The number of hydrogen-bond donors (Lipinski definition) is 3. The van der Waals surface area contributed by atoms with E-state index in [1.807, 2.05) is 0 Å². The highest BCUT2D eigenvalue weighted by atomic mass is 32.2. The first-order valence-corrected chi connectivity index (χ1v) is 5.21. The molecule has 84 valence electrons. The van der Waals surface area contributed by atoms with Crippen molar-refractivity contribution in [2.75, 3.05) is 10.7 Å². The summed E-state index contributed by atoms with van der Waals surface area (Å²) in [5.41, 5.74) is 0.380. The molecule has 16 heavy (non-hydrogen) atoms. The van der Waals surface area contributed by atoms with Gasteiger partial charge < -0.3 is 10.0 Å². The molecule has 0 aromatic carbocycles. The molecule has 1 unspecified atom stereocenters. The Bertz CT molecular complexity index is 419. The first-order chi connectivity index (χ1) is 7.54. The summed E-state index contributed by atoms with van der Waals surface area (Å²) in [7, 11) is -1.74. The molecule has 0 amide bonds. The molecule has 0 saturated carbocycles. The van der Waals surface area contributed by atoms with E-state index in [0.717, 1.165) is 4.31 Å². The third kappa shape index (κ3) is 3.28. The lowest BCUT2D eigenvalue weighted by Crippen LogP contribution is -2.36. The minimum atomic E-state index is -2.39. The molecule has 0 fully saturated rings. The quantitative estimate of drug-likeness (QED) is 0.455. The smallest absolute Gasteiger partial charge is 0.426 e. The molecule has 1 heterocycles. The lowest BCUT2D eigenvalue weighted by atomic mass is 9.92. The van der Waals surface area contributed by atoms with Crippen LogP contribution in [0.1, 0.15) is 5.69 Å². The molecule has 7 nitrogen and oxygen atoms in total. The maximum absolute atomic E-state index is 10.9. The molecule has 3 N–H and O–H groups in total. The number of nitriles is 1. The fourth-order valence-corrected chi connectivity index (χ4v) is 1.56. The van der Waals surface area contributed by atoms with E-state index in [4.69, 9.17) is 19.9 Å². The maximum Gasteiger partial charge on any atom is 0.473 e. The van der Waals surface area contributed by atoms with Crippen molar-refractivity contribution in [1.29, 1.82) is 5.26 Å². The first kappa shape index (κ1) is 12.6. The van der Waals surface area contributed by atoms with E-state index in [-0.39, 0.29) is 11.4 Å². The number of hydrogen-bond acceptors (Lipinski definition) is 5. The van der Waals surface area contributed by atoms with Crippen molar-refractivity contribution in [1.82, 2.24) is 4.98 Å². The predicted octanol–water partition coefficient (Wildman–Crippen LogP) is -1.09. The summed E-state index contributed by atoms with van der Waals surface area (Å²) >= 11 is -2.39. The van der Waals surface area contributed by atoms with Crippen LogP contribution in [0, 0.1) is 11.3 Å². The number of pyridine rings is 1. The second kappa shape index (κ2) is 5.57. The molecular formula is C7H8BN3O4S. The fourth-order valence-electron chi connectivity index (χ4n) is 1.01. The summed E-state index contributed by atoms with van der Waals surface area (Å²) in [6.45, 7) is 0. The molecule has 0 bridgehead atoms. The van der Waals surface area contributed by atoms with Crippen LogP contribution < -0.4 is 4.31 Å². The largest absolute Gasteiger partial charge is 0.473 e. The van der Waals surface area contributed by atoms with Crippen LogP contribution in [0.25, 0.3) is 0 Å². The number of nitrogens with zero attached hydrogens (tertiary/aromatic N) is 3. The summed E-state index contributed by atoms with van der Waals surface area (Å²) in [6, 6.07) is 4.55. The van der Waals surface area contributed by atoms with E-state index >= 15 is 0 Å². The Balaban J connectivity index is 2.93. The molecule has 0 aliphatic carbocycles. The van der Waals surface area contributed by atoms with Gasteiger partial charge in [0.1, 0.15) is 11.8 Å². The minimum Gasteiger partial charge on any atom is -0.426 e. The molecule has 0 saturated heterocycles. The molecule has 0 spiro atoms. The van der Waals surface area contributed by atoms with Crippen LogP contribution in [0.3, 0.4) is 0 Å². The van der Waals surface area contributed by atoms with Gasteiger partial charge in [-0.1, -0.05) is 0 Å². The van der Waals surface area contributed by atoms with Crippen molar-refractivity contribution in [3.8, 4) is 6.07 Å². The highest BCUT2D eigenvalue weighted by Crippen LogP contribution is 2.14. The van der Waals surface area contributed by atoms with Gasteiger partial charge in [-0.15, -0.1) is 0 Å². The summed E-state index contributed by atoms with van der Waals surface area (Å²) in [4.78, 5) is 3.70. The molecule has 9 heteroatoms. The Morgan fingerprint density at radius 3 is 2.62 bits per heavy atom. The van der Waals surface area contributed by atoms with Crippen molar-refractivity contribution in [3.05, 3.63) is 24.0 Å². The molecule has 0 aliphatic heterocycles. The zero-order chi connectivity index (χ0) is 12.1. The van der Waals surface area contributed by atoms with E-state index in [9.17, 15) is 4.21 Å². The second-order valence-electron chi connectivity index (χ2n) is 2.79. The number of aromatic nitrogens is 1. The van der Waals surface area contributed by atoms with Gasteiger partial charge >= 0.3 is 7.12 Å². The zero-order valence-electron chi connectivity index (χ0n) is 8.02. The Morgan fingerprint density at radius 1 is 1.56 bits per heavy atom. The normalized spacial score (nSPS) is 11.6. The van der Waals surface area contributed by atoms with E-state index < -0.39 is 24.8 Å². The van der Waals surface area contributed by atoms with Gasteiger partial charge in [-0.3, -0.25) is 8.86 Å². The summed E-state index contributed by atoms with van der Waals surface area (Å²) in [5, 5.41) is 26.0. The average Bonchev–Trinajstić information content (AvgIpc) is 2.25. The van der Waals surface area contributed by atoms with Crippen LogP contribution in [0.5, 0.6) is 0 Å². The van der Waals surface area contributed by atoms with Gasteiger partial charge in [-0.05, 0) is 12.1 Å². The van der Waals surface area contributed by atoms with Crippen LogP contribution in [-0.2, 0) is 11.3 Å². The van der Waals surface area contributed by atoms with Gasteiger partial charge in [-0.2, -0.15) is 5.26 Å². The SMILES string of the molecule is N#Cc1ccc(N(CB(O)O)S(=O)O)cn1. The van der Waals surface area contributed by atoms with Gasteiger partial charge in [0.2, 0.25) is 0 Å². The van der Waals surface area contributed by atoms with E-state index in [0.29, 0.717) is 0 Å². The van der Waals surface area contributed by atoms with Crippen molar-refractivity contribution in [2.45, 2.75) is 0 Å². The maximum atomic E-state index is 10.9. The highest BCUT2D eigenvalue weighted by molar-refractivity contribution is 7.80. The summed E-state index contributed by atoms with van der Waals surface area (Å²) in [5.74, 6) is 0. The van der Waals surface area contributed by atoms with Crippen LogP contribution in [0.2, 0.25) is 0 Å². The van der Waals surface area contributed by atoms with Crippen LogP contribution in [-0.4, -0.2) is 37.4 Å². The van der Waals surface area contributed by atoms with Crippen LogP contribution in [0.15, 0.2) is 18.3 Å². The van der Waals surface area contributed by atoms with E-state index in [1.54, 1.807) is 6.07 Å². The zero-order valence-corrected chi connectivity index (χ0v) is 8.83. The Morgan fingerprint density at radius 2 is 2.25 bits per heavy atom. The fraction of sp³-hybridized carbons (Fsp3) is 0.143. The van der Waals surface area contributed by atoms with Crippen molar-refractivity contribution < 1.29 is 18.8 Å². The van der Waals surface area contributed by atoms with Gasteiger partial charge in [0.05, 0.1) is 18.3 Å². The molecule has 0 radical (unpaired) electrons. The topological polar surface area (TPSA) is 118 Å². The number of rotatable bonds is 4. The highest BCUT2D eigenvalue weighted by Gasteiger charge is 2.19. The van der Waals surface area contributed by atoms with Crippen molar-refractivity contribution in [2.24, 2.45) is 0 Å². The average molecular weight is 241 g/mol. The lowest BCUT2D eigenvalue weighted by molar-refractivity contribution is 0.407. The summed E-state index contributed by atoms with van der Waals surface area (Å²) < 4.78 is 20.7. The van der Waals surface area contributed by atoms with Crippen LogP contribution in [0.4, 0.5) is 5.69 Å². The first-order valence-electron chi connectivity index (χ1n) is 4.15.